The highest BCUT2D eigenvalue weighted by atomic mass is 32.1. The predicted molar refractivity (Wildman–Crippen MR) is 136 cm³/mol. The minimum absolute atomic E-state index is 0.0156. The number of furan rings is 1. The van der Waals surface area contributed by atoms with E-state index in [1.165, 1.54) is 37.6 Å². The van der Waals surface area contributed by atoms with Gasteiger partial charge in [-0.25, -0.2) is 9.18 Å². The van der Waals surface area contributed by atoms with E-state index in [1.54, 1.807) is 37.3 Å². The van der Waals surface area contributed by atoms with E-state index in [0.717, 1.165) is 17.4 Å². The Balaban J connectivity index is 1.56. The fraction of sp³-hybridized carbons (Fsp3) is 0.0769. The van der Waals surface area contributed by atoms with Crippen molar-refractivity contribution in [3.8, 4) is 0 Å². The second-order valence-electron chi connectivity index (χ2n) is 7.68. The summed E-state index contributed by atoms with van der Waals surface area (Å²) in [5.74, 6) is -2.86. The van der Waals surface area contributed by atoms with Crippen molar-refractivity contribution < 1.29 is 32.7 Å². The summed E-state index contributed by atoms with van der Waals surface area (Å²) in [6, 6.07) is 14.6. The van der Waals surface area contributed by atoms with Crippen molar-refractivity contribution in [2.75, 3.05) is 23.1 Å². The Bertz CT molecular complexity index is 1500. The van der Waals surface area contributed by atoms with E-state index in [0.29, 0.717) is 16.9 Å². The van der Waals surface area contributed by atoms with Crippen LogP contribution in [-0.2, 0) is 4.74 Å². The average molecular weight is 522 g/mol. The topological polar surface area (TPSA) is 127 Å². The summed E-state index contributed by atoms with van der Waals surface area (Å²) >= 11 is 0.877. The molecule has 0 aliphatic rings. The lowest BCUT2D eigenvalue weighted by Gasteiger charge is -2.08. The molecule has 0 saturated heterocycles. The van der Waals surface area contributed by atoms with Gasteiger partial charge in [0, 0.05) is 16.9 Å². The fourth-order valence-electron chi connectivity index (χ4n) is 3.43. The number of carbonyl (C=O) groups is 4. The molecule has 0 atom stereocenters. The van der Waals surface area contributed by atoms with Gasteiger partial charge < -0.3 is 25.1 Å². The molecule has 0 aliphatic carbocycles. The maximum absolute atomic E-state index is 13.5. The number of nitrogens with one attached hydrogen (secondary N) is 3. The molecular weight excluding hydrogens is 501 g/mol. The van der Waals surface area contributed by atoms with Crippen molar-refractivity contribution in [1.29, 1.82) is 0 Å². The first-order valence-corrected chi connectivity index (χ1v) is 11.6. The molecule has 4 aromatic rings. The molecule has 0 spiro atoms. The molecule has 3 N–H and O–H groups in total. The van der Waals surface area contributed by atoms with Crippen LogP contribution in [0.4, 0.5) is 20.8 Å². The minimum atomic E-state index is -0.745. The van der Waals surface area contributed by atoms with Crippen LogP contribution >= 0.6 is 11.3 Å². The summed E-state index contributed by atoms with van der Waals surface area (Å²) in [4.78, 5) is 50.6. The Labute approximate surface area is 214 Å². The largest absolute Gasteiger partial charge is 0.465 e. The number of hydrogen-bond acceptors (Lipinski definition) is 7. The Morgan fingerprint density at radius 2 is 1.57 bits per heavy atom. The van der Waals surface area contributed by atoms with Gasteiger partial charge in [-0.15, -0.1) is 11.3 Å². The predicted octanol–water partition coefficient (Wildman–Crippen LogP) is 5.33. The molecule has 3 amide bonds. The van der Waals surface area contributed by atoms with Crippen molar-refractivity contribution in [2.45, 2.75) is 6.92 Å². The first kappa shape index (κ1) is 25.3. The number of ether oxygens (including phenoxy) is 1. The summed E-state index contributed by atoms with van der Waals surface area (Å²) in [7, 11) is 1.18. The van der Waals surface area contributed by atoms with E-state index in [9.17, 15) is 23.6 Å². The van der Waals surface area contributed by atoms with Gasteiger partial charge in [-0.1, -0.05) is 12.1 Å². The quantitative estimate of drug-likeness (QED) is 0.282. The summed E-state index contributed by atoms with van der Waals surface area (Å²) < 4.78 is 23.5. The van der Waals surface area contributed by atoms with Gasteiger partial charge in [-0.05, 0) is 61.0 Å². The van der Waals surface area contributed by atoms with Crippen LogP contribution in [0, 0.1) is 12.7 Å². The second-order valence-corrected chi connectivity index (χ2v) is 8.70. The van der Waals surface area contributed by atoms with E-state index in [4.69, 9.17) is 9.15 Å². The zero-order valence-corrected chi connectivity index (χ0v) is 20.4. The first-order valence-electron chi connectivity index (χ1n) is 10.8. The standard InChI is InChI=1S/C26H20FN3O6S/c1-14-20(26(34)35-2)25(30-22(31)15-6-3-7-16(27)12-15)37-21(14)24(33)29-18-9-4-8-17(13-18)28-23(32)19-10-5-11-36-19/h3-13H,1-2H3,(H,28,32)(H,29,33)(H,30,31). The molecule has 37 heavy (non-hydrogen) atoms. The third-order valence-electron chi connectivity index (χ3n) is 5.18. The van der Waals surface area contributed by atoms with Crippen molar-refractivity contribution in [3.05, 3.63) is 100 Å². The number of rotatable bonds is 7. The van der Waals surface area contributed by atoms with Gasteiger partial charge in [0.1, 0.15) is 10.8 Å². The zero-order valence-electron chi connectivity index (χ0n) is 19.6. The number of halogens is 1. The van der Waals surface area contributed by atoms with Gasteiger partial charge in [0.25, 0.3) is 17.7 Å². The molecule has 2 aromatic heterocycles. The number of benzene rings is 2. The Kier molecular flexibility index (Phi) is 7.44. The number of hydrogen-bond donors (Lipinski definition) is 3. The minimum Gasteiger partial charge on any atom is -0.465 e. The van der Waals surface area contributed by atoms with Crippen LogP contribution in [0.5, 0.6) is 0 Å². The van der Waals surface area contributed by atoms with Gasteiger partial charge in [0.2, 0.25) is 0 Å². The van der Waals surface area contributed by atoms with Gasteiger partial charge >= 0.3 is 5.97 Å². The monoisotopic (exact) mass is 521 g/mol. The number of carbonyl (C=O) groups excluding carboxylic acids is 4. The lowest BCUT2D eigenvalue weighted by molar-refractivity contribution is 0.0601. The van der Waals surface area contributed by atoms with Crippen LogP contribution in [0.15, 0.2) is 71.3 Å². The van der Waals surface area contributed by atoms with Gasteiger partial charge in [-0.2, -0.15) is 0 Å². The lowest BCUT2D eigenvalue weighted by Crippen LogP contribution is -2.15. The molecule has 4 rings (SSSR count). The van der Waals surface area contributed by atoms with E-state index in [-0.39, 0.29) is 26.8 Å². The van der Waals surface area contributed by atoms with Crippen LogP contribution < -0.4 is 16.0 Å². The Hall–Kier alpha value is -4.77. The fourth-order valence-corrected chi connectivity index (χ4v) is 4.52. The molecule has 0 aliphatic heterocycles. The molecule has 0 fully saturated rings. The lowest BCUT2D eigenvalue weighted by atomic mass is 10.1. The third-order valence-corrected chi connectivity index (χ3v) is 6.39. The smallest absolute Gasteiger partial charge is 0.341 e. The van der Waals surface area contributed by atoms with Crippen LogP contribution in [0.2, 0.25) is 0 Å². The summed E-state index contributed by atoms with van der Waals surface area (Å²) in [6.07, 6.45) is 1.38. The van der Waals surface area contributed by atoms with Crippen molar-refractivity contribution in [1.82, 2.24) is 0 Å². The molecule has 0 bridgehead atoms. The molecular formula is C26H20FN3O6S. The van der Waals surface area contributed by atoms with Crippen LogP contribution in [0.25, 0.3) is 0 Å². The van der Waals surface area contributed by atoms with Gasteiger partial charge in [0.15, 0.2) is 5.76 Å². The second kappa shape index (κ2) is 10.9. The zero-order chi connectivity index (χ0) is 26.5. The summed E-state index contributed by atoms with van der Waals surface area (Å²) in [6.45, 7) is 1.55. The van der Waals surface area contributed by atoms with E-state index in [1.807, 2.05) is 0 Å². The third kappa shape index (κ3) is 5.73. The average Bonchev–Trinajstić information content (AvgIpc) is 3.52. The summed E-state index contributed by atoms with van der Waals surface area (Å²) in [5.41, 5.74) is 1.15. The van der Waals surface area contributed by atoms with Gasteiger partial charge in [-0.3, -0.25) is 14.4 Å². The number of thiophene rings is 1. The van der Waals surface area contributed by atoms with Crippen molar-refractivity contribution in [3.63, 3.8) is 0 Å². The normalized spacial score (nSPS) is 10.5. The Morgan fingerprint density at radius 3 is 2.22 bits per heavy atom. The van der Waals surface area contributed by atoms with Crippen LogP contribution in [0.1, 0.15) is 46.5 Å². The maximum Gasteiger partial charge on any atom is 0.341 e. The van der Waals surface area contributed by atoms with Crippen LogP contribution in [-0.4, -0.2) is 30.8 Å². The number of esters is 1. The highest BCUT2D eigenvalue weighted by molar-refractivity contribution is 7.19. The van der Waals surface area contributed by atoms with Gasteiger partial charge in [0.05, 0.1) is 23.8 Å². The van der Waals surface area contributed by atoms with E-state index in [2.05, 4.69) is 16.0 Å². The van der Waals surface area contributed by atoms with E-state index >= 15 is 0 Å². The molecule has 0 saturated carbocycles. The van der Waals surface area contributed by atoms with Crippen molar-refractivity contribution >= 4 is 51.4 Å². The number of methoxy groups -OCH3 is 1. The molecule has 2 heterocycles. The highest BCUT2D eigenvalue weighted by Crippen LogP contribution is 2.34. The number of anilines is 3. The number of amides is 3. The first-order chi connectivity index (χ1) is 17.8. The van der Waals surface area contributed by atoms with E-state index < -0.39 is 29.5 Å². The molecule has 9 nitrogen and oxygen atoms in total. The Morgan fingerprint density at radius 1 is 0.865 bits per heavy atom. The molecule has 0 radical (unpaired) electrons. The van der Waals surface area contributed by atoms with Crippen LogP contribution in [0.3, 0.4) is 0 Å². The van der Waals surface area contributed by atoms with Crippen molar-refractivity contribution in [2.24, 2.45) is 0 Å². The summed E-state index contributed by atoms with van der Waals surface area (Å²) in [5, 5.41) is 8.04. The molecule has 11 heteroatoms. The molecule has 2 aromatic carbocycles. The SMILES string of the molecule is COC(=O)c1c(NC(=O)c2cccc(F)c2)sc(C(=O)Nc2cccc(NC(=O)c3ccco3)c2)c1C. The molecule has 188 valence electrons. The highest BCUT2D eigenvalue weighted by Gasteiger charge is 2.27. The molecule has 0 unspecified atom stereocenters. The maximum atomic E-state index is 13.5.